The first-order valence-corrected chi connectivity index (χ1v) is 12.8. The van der Waals surface area contributed by atoms with Gasteiger partial charge in [0.15, 0.2) is 27.9 Å². The van der Waals surface area contributed by atoms with Crippen molar-refractivity contribution >= 4 is 67.1 Å². The number of nitrogen functional groups attached to an aromatic ring is 1. The SMILES string of the molecule is CCNS(=O)(=O)CCn1c(Sc2cc3c(cc2I)CCC3=O)nc2c(N)ncnc21. The normalized spacial score (nSPS) is 13.9. The zero-order chi connectivity index (χ0) is 21.5. The molecule has 30 heavy (non-hydrogen) atoms. The first-order valence-electron chi connectivity index (χ1n) is 9.26. The Morgan fingerprint density at radius 1 is 1.30 bits per heavy atom. The van der Waals surface area contributed by atoms with Crippen LogP contribution in [0.2, 0.25) is 0 Å². The summed E-state index contributed by atoms with van der Waals surface area (Å²) < 4.78 is 29.6. The van der Waals surface area contributed by atoms with Gasteiger partial charge in [-0.1, -0.05) is 18.7 Å². The molecule has 2 heterocycles. The van der Waals surface area contributed by atoms with E-state index < -0.39 is 10.0 Å². The molecule has 0 amide bonds. The second kappa shape index (κ2) is 8.40. The van der Waals surface area contributed by atoms with E-state index in [-0.39, 0.29) is 23.9 Å². The smallest absolute Gasteiger partial charge is 0.213 e. The van der Waals surface area contributed by atoms with E-state index in [9.17, 15) is 13.2 Å². The van der Waals surface area contributed by atoms with Crippen molar-refractivity contribution in [2.45, 2.75) is 36.4 Å². The number of fused-ring (bicyclic) bond motifs is 2. The lowest BCUT2D eigenvalue weighted by Gasteiger charge is -2.11. The molecule has 158 valence electrons. The van der Waals surface area contributed by atoms with Gasteiger partial charge in [-0.3, -0.25) is 4.79 Å². The van der Waals surface area contributed by atoms with Gasteiger partial charge in [-0.25, -0.2) is 28.1 Å². The third-order valence-electron chi connectivity index (χ3n) is 4.75. The Kier molecular flexibility index (Phi) is 6.01. The highest BCUT2D eigenvalue weighted by molar-refractivity contribution is 14.1. The molecule has 0 radical (unpaired) electrons. The Bertz CT molecular complexity index is 1260. The van der Waals surface area contributed by atoms with E-state index in [2.05, 4.69) is 42.3 Å². The molecule has 0 bridgehead atoms. The van der Waals surface area contributed by atoms with E-state index in [4.69, 9.17) is 5.73 Å². The number of carbonyl (C=O) groups excluding carboxylic acids is 1. The molecule has 1 aliphatic carbocycles. The molecule has 9 nitrogen and oxygen atoms in total. The van der Waals surface area contributed by atoms with Gasteiger partial charge in [-0.2, -0.15) is 0 Å². The van der Waals surface area contributed by atoms with Crippen molar-refractivity contribution in [2.24, 2.45) is 0 Å². The number of Topliss-reactive ketones (excluding diaryl/α,β-unsaturated/α-hetero) is 1. The van der Waals surface area contributed by atoms with Gasteiger partial charge in [-0.05, 0) is 46.7 Å². The van der Waals surface area contributed by atoms with Crippen LogP contribution >= 0.6 is 34.4 Å². The van der Waals surface area contributed by atoms with E-state index in [0.717, 1.165) is 26.0 Å². The number of aromatic nitrogens is 4. The molecule has 3 N–H and O–H groups in total. The fourth-order valence-electron chi connectivity index (χ4n) is 3.34. The molecule has 0 spiro atoms. The van der Waals surface area contributed by atoms with Crippen LogP contribution in [0.15, 0.2) is 28.5 Å². The molecular weight excluding hydrogens is 539 g/mol. The maximum Gasteiger partial charge on any atom is 0.213 e. The quantitative estimate of drug-likeness (QED) is 0.422. The Balaban J connectivity index is 1.75. The summed E-state index contributed by atoms with van der Waals surface area (Å²) in [5, 5.41) is 0.548. The van der Waals surface area contributed by atoms with Crippen LogP contribution in [0.3, 0.4) is 0 Å². The average Bonchev–Trinajstić information content (AvgIpc) is 3.22. The fraction of sp³-hybridized carbons (Fsp3) is 0.333. The molecule has 0 fully saturated rings. The first kappa shape index (κ1) is 21.5. The number of nitrogens with zero attached hydrogens (tertiary/aromatic N) is 4. The highest BCUT2D eigenvalue weighted by atomic mass is 127. The van der Waals surface area contributed by atoms with E-state index in [0.29, 0.717) is 29.3 Å². The summed E-state index contributed by atoms with van der Waals surface area (Å²) >= 11 is 3.60. The lowest BCUT2D eigenvalue weighted by atomic mass is 10.1. The second-order valence-corrected chi connectivity index (χ2v) is 10.9. The Morgan fingerprint density at radius 2 is 2.10 bits per heavy atom. The van der Waals surface area contributed by atoms with Crippen LogP contribution in [0.5, 0.6) is 0 Å². The van der Waals surface area contributed by atoms with Gasteiger partial charge in [0.2, 0.25) is 10.0 Å². The molecule has 0 unspecified atom stereocenters. The van der Waals surface area contributed by atoms with Crippen molar-refractivity contribution < 1.29 is 13.2 Å². The number of ketones is 1. The van der Waals surface area contributed by atoms with E-state index >= 15 is 0 Å². The summed E-state index contributed by atoms with van der Waals surface area (Å²) in [6, 6.07) is 3.92. The summed E-state index contributed by atoms with van der Waals surface area (Å²) in [5.74, 6) is 0.251. The largest absolute Gasteiger partial charge is 0.382 e. The van der Waals surface area contributed by atoms with Crippen LogP contribution in [0.25, 0.3) is 11.2 Å². The van der Waals surface area contributed by atoms with Gasteiger partial charge in [0.25, 0.3) is 0 Å². The predicted molar refractivity (Wildman–Crippen MR) is 123 cm³/mol. The van der Waals surface area contributed by atoms with E-state index in [1.807, 2.05) is 12.1 Å². The number of nitrogens with two attached hydrogens (primary N) is 1. The fourth-order valence-corrected chi connectivity index (χ4v) is 6.16. The lowest BCUT2D eigenvalue weighted by Crippen LogP contribution is -2.28. The summed E-state index contributed by atoms with van der Waals surface area (Å²) in [5.41, 5.74) is 8.68. The van der Waals surface area contributed by atoms with Gasteiger partial charge < -0.3 is 10.3 Å². The molecule has 4 rings (SSSR count). The Hall–Kier alpha value is -1.77. The van der Waals surface area contributed by atoms with Gasteiger partial charge in [-0.15, -0.1) is 0 Å². The van der Waals surface area contributed by atoms with Gasteiger partial charge >= 0.3 is 0 Å². The Labute approximate surface area is 191 Å². The van der Waals surface area contributed by atoms with Crippen molar-refractivity contribution in [3.8, 4) is 0 Å². The highest BCUT2D eigenvalue weighted by Gasteiger charge is 2.23. The van der Waals surface area contributed by atoms with Crippen LogP contribution in [0, 0.1) is 3.57 Å². The van der Waals surface area contributed by atoms with Crippen LogP contribution < -0.4 is 10.5 Å². The molecule has 0 atom stereocenters. The molecule has 0 saturated heterocycles. The number of anilines is 1. The van der Waals surface area contributed by atoms with Crippen LogP contribution in [-0.2, 0) is 23.0 Å². The molecule has 0 aliphatic heterocycles. The number of imidazole rings is 1. The van der Waals surface area contributed by atoms with Gasteiger partial charge in [0.1, 0.15) is 6.33 Å². The molecule has 3 aromatic rings. The first-order chi connectivity index (χ1) is 14.3. The summed E-state index contributed by atoms with van der Waals surface area (Å²) in [4.78, 5) is 25.9. The third-order valence-corrected chi connectivity index (χ3v) is 8.51. The number of hydrogen-bond donors (Lipinski definition) is 2. The third kappa shape index (κ3) is 4.18. The van der Waals surface area contributed by atoms with Crippen LogP contribution in [0.4, 0.5) is 5.82 Å². The highest BCUT2D eigenvalue weighted by Crippen LogP contribution is 2.37. The van der Waals surface area contributed by atoms with Crippen molar-refractivity contribution in [3.63, 3.8) is 0 Å². The number of aryl methyl sites for hydroxylation is 2. The second-order valence-electron chi connectivity index (χ2n) is 6.76. The number of benzene rings is 1. The van der Waals surface area contributed by atoms with Crippen LogP contribution in [0.1, 0.15) is 29.3 Å². The van der Waals surface area contributed by atoms with E-state index in [1.54, 1.807) is 11.5 Å². The number of carbonyl (C=O) groups is 1. The van der Waals surface area contributed by atoms with Crippen molar-refractivity contribution in [3.05, 3.63) is 33.2 Å². The van der Waals surface area contributed by atoms with Crippen LogP contribution in [-0.4, -0.2) is 46.0 Å². The minimum atomic E-state index is -3.43. The number of halogens is 1. The lowest BCUT2D eigenvalue weighted by molar-refractivity contribution is 0.0994. The van der Waals surface area contributed by atoms with Crippen molar-refractivity contribution in [1.29, 1.82) is 0 Å². The molecule has 1 aromatic carbocycles. The summed E-state index contributed by atoms with van der Waals surface area (Å²) in [7, 11) is -3.43. The molecule has 12 heteroatoms. The Morgan fingerprint density at radius 3 is 2.87 bits per heavy atom. The summed E-state index contributed by atoms with van der Waals surface area (Å²) in [6.45, 7) is 2.21. The summed E-state index contributed by atoms with van der Waals surface area (Å²) in [6.07, 6.45) is 2.63. The minimum Gasteiger partial charge on any atom is -0.382 e. The molecule has 1 aliphatic rings. The molecular formula is C18H19IN6O3S2. The molecule has 0 saturated carbocycles. The van der Waals surface area contributed by atoms with Crippen molar-refractivity contribution in [1.82, 2.24) is 24.2 Å². The average molecular weight is 558 g/mol. The number of sulfonamides is 1. The van der Waals surface area contributed by atoms with Crippen molar-refractivity contribution in [2.75, 3.05) is 18.0 Å². The number of nitrogens with one attached hydrogen (secondary N) is 1. The zero-order valence-electron chi connectivity index (χ0n) is 16.1. The topological polar surface area (TPSA) is 133 Å². The molecule has 2 aromatic heterocycles. The minimum absolute atomic E-state index is 0.121. The standard InChI is InChI=1S/C18H19IN6O3S2/c1-2-23-30(27,28)6-5-25-17-15(16(20)21-9-22-17)24-18(25)29-14-8-11-10(7-12(14)19)3-4-13(11)26/h7-9,23H,2-6H2,1H3,(H2,20,21,22). The maximum atomic E-state index is 12.2. The number of rotatable bonds is 7. The van der Waals surface area contributed by atoms with Gasteiger partial charge in [0, 0.05) is 33.5 Å². The monoisotopic (exact) mass is 558 g/mol. The maximum absolute atomic E-state index is 12.2. The number of hydrogen-bond acceptors (Lipinski definition) is 8. The predicted octanol–water partition coefficient (Wildman–Crippen LogP) is 2.23. The zero-order valence-corrected chi connectivity index (χ0v) is 19.8. The van der Waals surface area contributed by atoms with E-state index in [1.165, 1.54) is 18.1 Å². The van der Waals surface area contributed by atoms with Gasteiger partial charge in [0.05, 0.1) is 5.75 Å².